The molecule has 4 unspecified atom stereocenters. The average molecular weight is 180 g/mol. The van der Waals surface area contributed by atoms with Crippen LogP contribution in [-0.4, -0.2) is 24.8 Å². The molecule has 0 aromatic carbocycles. The van der Waals surface area contributed by atoms with Crippen LogP contribution >= 0.6 is 0 Å². The van der Waals surface area contributed by atoms with Crippen molar-refractivity contribution in [1.82, 2.24) is 5.32 Å². The van der Waals surface area contributed by atoms with Crippen LogP contribution in [0.5, 0.6) is 0 Å². The Labute approximate surface area is 79.1 Å². The first kappa shape index (κ1) is 8.98. The lowest BCUT2D eigenvalue weighted by Crippen LogP contribution is -2.45. The Morgan fingerprint density at radius 1 is 1.46 bits per heavy atom. The Hall–Kier alpha value is -0.590. The molecule has 72 valence electrons. The molecule has 0 aromatic heterocycles. The largest absolute Gasteiger partial charge is 0.362 e. The van der Waals surface area contributed by atoms with E-state index in [0.717, 1.165) is 25.4 Å². The van der Waals surface area contributed by atoms with Crippen molar-refractivity contribution in [3.05, 3.63) is 0 Å². The maximum atomic E-state index is 8.85. The molecule has 3 heteroatoms. The van der Waals surface area contributed by atoms with Gasteiger partial charge < -0.3 is 10.1 Å². The molecule has 0 aromatic rings. The number of ether oxygens (including phenoxy) is 1. The molecule has 1 N–H and O–H groups in total. The van der Waals surface area contributed by atoms with Crippen molar-refractivity contribution in [3.63, 3.8) is 0 Å². The van der Waals surface area contributed by atoms with Crippen molar-refractivity contribution < 1.29 is 4.74 Å². The summed E-state index contributed by atoms with van der Waals surface area (Å²) in [5.41, 5.74) is 0. The number of hydrogen-bond acceptors (Lipinski definition) is 3. The summed E-state index contributed by atoms with van der Waals surface area (Å²) in [5, 5.41) is 12.3. The molecule has 4 atom stereocenters. The highest BCUT2D eigenvalue weighted by Crippen LogP contribution is 2.30. The van der Waals surface area contributed by atoms with E-state index in [4.69, 9.17) is 10.00 Å². The van der Waals surface area contributed by atoms with Gasteiger partial charge in [0.2, 0.25) is 0 Å². The zero-order valence-electron chi connectivity index (χ0n) is 7.99. The first-order valence-electron chi connectivity index (χ1n) is 5.08. The lowest BCUT2D eigenvalue weighted by atomic mass is 10.0. The minimum Gasteiger partial charge on any atom is -0.362 e. The Balaban J connectivity index is 1.85. The third-order valence-electron chi connectivity index (χ3n) is 2.99. The van der Waals surface area contributed by atoms with Gasteiger partial charge in [-0.05, 0) is 25.2 Å². The topological polar surface area (TPSA) is 45.0 Å². The van der Waals surface area contributed by atoms with Gasteiger partial charge in [0, 0.05) is 18.7 Å². The normalized spacial score (nSPS) is 44.0. The quantitative estimate of drug-likeness (QED) is 0.691. The van der Waals surface area contributed by atoms with E-state index in [1.165, 1.54) is 6.42 Å². The fourth-order valence-electron chi connectivity index (χ4n) is 1.91. The zero-order chi connectivity index (χ0) is 9.26. The maximum absolute atomic E-state index is 8.85. The van der Waals surface area contributed by atoms with Crippen LogP contribution in [0.15, 0.2) is 0 Å². The van der Waals surface area contributed by atoms with E-state index in [1.54, 1.807) is 0 Å². The molecule has 2 aliphatic rings. The molecule has 0 spiro atoms. The van der Waals surface area contributed by atoms with Gasteiger partial charge in [0.25, 0.3) is 0 Å². The predicted octanol–water partition coefficient (Wildman–Crippen LogP) is 1.06. The van der Waals surface area contributed by atoms with Crippen LogP contribution in [0, 0.1) is 17.2 Å². The average Bonchev–Trinajstić information content (AvgIpc) is 2.83. The van der Waals surface area contributed by atoms with E-state index in [2.05, 4.69) is 18.3 Å². The van der Waals surface area contributed by atoms with Gasteiger partial charge in [-0.3, -0.25) is 0 Å². The van der Waals surface area contributed by atoms with Gasteiger partial charge >= 0.3 is 0 Å². The molecule has 13 heavy (non-hydrogen) atoms. The lowest BCUT2D eigenvalue weighted by molar-refractivity contribution is 0.0244. The molecule has 1 saturated heterocycles. The van der Waals surface area contributed by atoms with Gasteiger partial charge in [0.05, 0.1) is 6.07 Å². The Morgan fingerprint density at radius 3 is 2.85 bits per heavy atom. The minimum atomic E-state index is -0.221. The third kappa shape index (κ3) is 2.01. The molecule has 0 amide bonds. The number of nitrogens with one attached hydrogen (secondary N) is 1. The van der Waals surface area contributed by atoms with E-state index in [0.29, 0.717) is 6.04 Å². The first-order valence-corrected chi connectivity index (χ1v) is 5.08. The molecule has 1 aliphatic carbocycles. The van der Waals surface area contributed by atoms with Crippen molar-refractivity contribution >= 4 is 0 Å². The van der Waals surface area contributed by atoms with Crippen LogP contribution in [0.2, 0.25) is 0 Å². The number of hydrogen-bond donors (Lipinski definition) is 1. The number of nitriles is 1. The van der Waals surface area contributed by atoms with Crippen LogP contribution in [0.4, 0.5) is 0 Å². The van der Waals surface area contributed by atoms with Gasteiger partial charge in [-0.1, -0.05) is 6.92 Å². The monoisotopic (exact) mass is 180 g/mol. The highest BCUT2D eigenvalue weighted by Gasteiger charge is 2.37. The number of nitrogens with zero attached hydrogens (tertiary/aromatic N) is 1. The lowest BCUT2D eigenvalue weighted by Gasteiger charge is -2.28. The van der Waals surface area contributed by atoms with Crippen molar-refractivity contribution in [3.8, 4) is 6.07 Å². The molecular formula is C10H16N2O. The molecule has 0 radical (unpaired) electrons. The summed E-state index contributed by atoms with van der Waals surface area (Å²) >= 11 is 0. The summed E-state index contributed by atoms with van der Waals surface area (Å²) in [7, 11) is 0. The van der Waals surface area contributed by atoms with Gasteiger partial charge in [-0.25, -0.2) is 0 Å². The molecule has 3 nitrogen and oxygen atoms in total. The van der Waals surface area contributed by atoms with E-state index in [1.807, 2.05) is 0 Å². The molecule has 1 aliphatic heterocycles. The standard InChI is InChI=1S/C10H16N2O/c1-7-5-9(7)12-8-3-2-4-13-10(8)6-11/h7-10,12H,2-5H2,1H3. The van der Waals surface area contributed by atoms with Crippen LogP contribution in [0.25, 0.3) is 0 Å². The third-order valence-corrected chi connectivity index (χ3v) is 2.99. The second-order valence-electron chi connectivity index (χ2n) is 4.16. The fourth-order valence-corrected chi connectivity index (χ4v) is 1.91. The molecule has 2 rings (SSSR count). The Kier molecular flexibility index (Phi) is 2.52. The van der Waals surface area contributed by atoms with Crippen LogP contribution < -0.4 is 5.32 Å². The van der Waals surface area contributed by atoms with Gasteiger partial charge in [0.1, 0.15) is 0 Å². The second-order valence-corrected chi connectivity index (χ2v) is 4.16. The second kappa shape index (κ2) is 3.65. The van der Waals surface area contributed by atoms with Gasteiger partial charge in [-0.15, -0.1) is 0 Å². The van der Waals surface area contributed by atoms with Crippen LogP contribution in [0.3, 0.4) is 0 Å². The summed E-state index contributed by atoms with van der Waals surface area (Å²) in [6, 6.07) is 3.13. The number of rotatable bonds is 2. The summed E-state index contributed by atoms with van der Waals surface area (Å²) in [6.45, 7) is 2.99. The molecular weight excluding hydrogens is 164 g/mol. The Bertz CT molecular complexity index is 223. The van der Waals surface area contributed by atoms with E-state index in [-0.39, 0.29) is 12.1 Å². The molecule has 2 fully saturated rings. The predicted molar refractivity (Wildman–Crippen MR) is 49.1 cm³/mol. The van der Waals surface area contributed by atoms with Crippen molar-refractivity contribution in [2.24, 2.45) is 5.92 Å². The molecule has 0 bridgehead atoms. The summed E-state index contributed by atoms with van der Waals surface area (Å²) < 4.78 is 5.38. The van der Waals surface area contributed by atoms with E-state index >= 15 is 0 Å². The molecule has 1 heterocycles. The fraction of sp³-hybridized carbons (Fsp3) is 0.900. The Morgan fingerprint density at radius 2 is 2.23 bits per heavy atom. The maximum Gasteiger partial charge on any atom is 0.159 e. The van der Waals surface area contributed by atoms with Gasteiger partial charge in [-0.2, -0.15) is 5.26 Å². The summed E-state index contributed by atoms with van der Waals surface area (Å²) in [6.07, 6.45) is 3.20. The SMILES string of the molecule is CC1CC1NC1CCCOC1C#N. The highest BCUT2D eigenvalue weighted by molar-refractivity contribution is 5.00. The van der Waals surface area contributed by atoms with Crippen LogP contribution in [0.1, 0.15) is 26.2 Å². The van der Waals surface area contributed by atoms with Crippen molar-refractivity contribution in [2.75, 3.05) is 6.61 Å². The van der Waals surface area contributed by atoms with Crippen molar-refractivity contribution in [1.29, 1.82) is 5.26 Å². The van der Waals surface area contributed by atoms with Crippen molar-refractivity contribution in [2.45, 2.75) is 44.4 Å². The minimum absolute atomic E-state index is 0.221. The van der Waals surface area contributed by atoms with E-state index < -0.39 is 0 Å². The smallest absolute Gasteiger partial charge is 0.159 e. The van der Waals surface area contributed by atoms with E-state index in [9.17, 15) is 0 Å². The highest BCUT2D eigenvalue weighted by atomic mass is 16.5. The van der Waals surface area contributed by atoms with Crippen LogP contribution in [-0.2, 0) is 4.74 Å². The first-order chi connectivity index (χ1) is 6.31. The zero-order valence-corrected chi connectivity index (χ0v) is 7.99. The molecule has 1 saturated carbocycles. The summed E-state index contributed by atoms with van der Waals surface area (Å²) in [5.74, 6) is 0.793. The van der Waals surface area contributed by atoms with Gasteiger partial charge in [0.15, 0.2) is 6.10 Å². The summed E-state index contributed by atoms with van der Waals surface area (Å²) in [4.78, 5) is 0.